The Bertz CT molecular complexity index is 974. The van der Waals surface area contributed by atoms with Crippen LogP contribution in [0.4, 0.5) is 0 Å². The van der Waals surface area contributed by atoms with E-state index in [0.29, 0.717) is 5.41 Å². The Labute approximate surface area is 170 Å². The maximum absolute atomic E-state index is 3.77. The van der Waals surface area contributed by atoms with Crippen molar-refractivity contribution in [3.63, 3.8) is 0 Å². The van der Waals surface area contributed by atoms with Crippen LogP contribution >= 0.6 is 15.9 Å². The van der Waals surface area contributed by atoms with Gasteiger partial charge in [-0.1, -0.05) is 70.5 Å². The van der Waals surface area contributed by atoms with Gasteiger partial charge in [-0.2, -0.15) is 0 Å². The average molecular weight is 417 g/mol. The fraction of sp³-hybridized carbons (Fsp3) is 0.385. The highest BCUT2D eigenvalue weighted by Crippen LogP contribution is 2.60. The first kappa shape index (κ1) is 16.4. The Balaban J connectivity index is 1.41. The van der Waals surface area contributed by atoms with Crippen LogP contribution in [0.2, 0.25) is 0 Å². The van der Waals surface area contributed by atoms with Crippen molar-refractivity contribution in [2.45, 2.75) is 43.9 Å². The Morgan fingerprint density at radius 2 is 1.30 bits per heavy atom. The highest BCUT2D eigenvalue weighted by atomic mass is 79.9. The highest BCUT2D eigenvalue weighted by molar-refractivity contribution is 9.10. The summed E-state index contributed by atoms with van der Waals surface area (Å²) in [6.07, 6.45) is 8.87. The van der Waals surface area contributed by atoms with Gasteiger partial charge in [0.05, 0.1) is 0 Å². The molecule has 0 amide bonds. The van der Waals surface area contributed by atoms with Crippen LogP contribution < -0.4 is 0 Å². The van der Waals surface area contributed by atoms with E-state index in [1.807, 2.05) is 0 Å². The molecular weight excluding hydrogens is 392 g/mol. The van der Waals surface area contributed by atoms with E-state index in [2.05, 4.69) is 76.6 Å². The van der Waals surface area contributed by atoms with E-state index in [0.717, 1.165) is 17.8 Å². The summed E-state index contributed by atoms with van der Waals surface area (Å²) in [5, 5.41) is 2.62. The Hall–Kier alpha value is -1.60. The van der Waals surface area contributed by atoms with E-state index in [1.54, 1.807) is 5.56 Å². The molecule has 4 aliphatic carbocycles. The van der Waals surface area contributed by atoms with E-state index < -0.39 is 0 Å². The zero-order valence-electron chi connectivity index (χ0n) is 15.6. The van der Waals surface area contributed by atoms with Gasteiger partial charge in [0.1, 0.15) is 0 Å². The van der Waals surface area contributed by atoms with Crippen LogP contribution in [-0.4, -0.2) is 0 Å². The van der Waals surface area contributed by atoms with E-state index in [4.69, 9.17) is 0 Å². The maximum Gasteiger partial charge on any atom is 0.0259 e. The van der Waals surface area contributed by atoms with Crippen molar-refractivity contribution in [3.05, 3.63) is 70.7 Å². The van der Waals surface area contributed by atoms with Crippen LogP contribution in [0.3, 0.4) is 0 Å². The Morgan fingerprint density at radius 1 is 0.704 bits per heavy atom. The number of rotatable bonds is 2. The molecule has 0 N–H and O–H groups in total. The minimum atomic E-state index is 0.493. The predicted molar refractivity (Wildman–Crippen MR) is 117 cm³/mol. The first-order valence-electron chi connectivity index (χ1n) is 10.5. The molecule has 0 aromatic heterocycles. The molecule has 3 aromatic rings. The number of halogens is 1. The van der Waals surface area contributed by atoms with Gasteiger partial charge in [0, 0.05) is 9.86 Å². The van der Waals surface area contributed by atoms with Gasteiger partial charge >= 0.3 is 0 Å². The highest BCUT2D eigenvalue weighted by Gasteiger charge is 2.51. The number of hydrogen-bond acceptors (Lipinski definition) is 0. The average Bonchev–Trinajstić information content (AvgIpc) is 2.67. The van der Waals surface area contributed by atoms with Gasteiger partial charge in [0.2, 0.25) is 0 Å². The molecule has 4 fully saturated rings. The van der Waals surface area contributed by atoms with E-state index in [-0.39, 0.29) is 0 Å². The quantitative estimate of drug-likeness (QED) is 0.400. The van der Waals surface area contributed by atoms with Crippen molar-refractivity contribution in [2.75, 3.05) is 0 Å². The molecule has 0 spiro atoms. The third-order valence-corrected chi connectivity index (χ3v) is 8.36. The summed E-state index contributed by atoms with van der Waals surface area (Å²) in [6.45, 7) is 0. The van der Waals surface area contributed by atoms with E-state index in [9.17, 15) is 0 Å². The lowest BCUT2D eigenvalue weighted by molar-refractivity contribution is -0.00518. The molecule has 4 bridgehead atoms. The standard InChI is InChI=1S/C26H25Br/c27-24-6-2-4-21-3-1-5-23(25(21)24)20-7-9-22(10-8-20)26-14-17-11-18(15-26)13-19(12-17)16-26/h1-10,17-19H,11-16H2. The van der Waals surface area contributed by atoms with E-state index >= 15 is 0 Å². The maximum atomic E-state index is 3.77. The summed E-state index contributed by atoms with van der Waals surface area (Å²) < 4.78 is 1.18. The van der Waals surface area contributed by atoms with Gasteiger partial charge in [0.25, 0.3) is 0 Å². The molecule has 0 unspecified atom stereocenters. The molecule has 0 radical (unpaired) electrons. The van der Waals surface area contributed by atoms with Crippen molar-refractivity contribution in [1.29, 1.82) is 0 Å². The SMILES string of the molecule is Brc1cccc2cccc(-c3ccc(C45CC6CC(CC(C6)C4)C5)cc3)c12. The largest absolute Gasteiger partial charge is 0.0610 e. The zero-order chi connectivity index (χ0) is 18.0. The van der Waals surface area contributed by atoms with Crippen LogP contribution in [0.5, 0.6) is 0 Å². The second-order valence-corrected chi connectivity index (χ2v) is 10.3. The number of fused-ring (bicyclic) bond motifs is 1. The Morgan fingerprint density at radius 3 is 1.93 bits per heavy atom. The van der Waals surface area contributed by atoms with Crippen molar-refractivity contribution < 1.29 is 0 Å². The summed E-state index contributed by atoms with van der Waals surface area (Å²) in [4.78, 5) is 0. The lowest BCUT2D eigenvalue weighted by Gasteiger charge is -2.57. The van der Waals surface area contributed by atoms with Crippen LogP contribution in [0.1, 0.15) is 44.1 Å². The number of hydrogen-bond donors (Lipinski definition) is 0. The fourth-order valence-electron chi connectivity index (χ4n) is 7.00. The molecule has 27 heavy (non-hydrogen) atoms. The van der Waals surface area contributed by atoms with Crippen LogP contribution in [0, 0.1) is 17.8 Å². The molecule has 0 atom stereocenters. The molecular formula is C26H25Br. The molecule has 4 saturated carbocycles. The summed E-state index contributed by atoms with van der Waals surface area (Å²) >= 11 is 3.77. The normalized spacial score (nSPS) is 31.5. The first-order chi connectivity index (χ1) is 13.2. The van der Waals surface area contributed by atoms with Crippen molar-refractivity contribution in [3.8, 4) is 11.1 Å². The van der Waals surface area contributed by atoms with Gasteiger partial charge in [0.15, 0.2) is 0 Å². The van der Waals surface area contributed by atoms with Crippen LogP contribution in [0.25, 0.3) is 21.9 Å². The molecule has 0 aliphatic heterocycles. The summed E-state index contributed by atoms with van der Waals surface area (Å²) in [7, 11) is 0. The minimum Gasteiger partial charge on any atom is -0.0610 e. The molecule has 4 aliphatic rings. The Kier molecular flexibility index (Phi) is 3.60. The summed E-state index contributed by atoms with van der Waals surface area (Å²) in [5.41, 5.74) is 4.77. The van der Waals surface area contributed by atoms with Crippen molar-refractivity contribution in [1.82, 2.24) is 0 Å². The second kappa shape index (κ2) is 5.95. The number of benzene rings is 3. The monoisotopic (exact) mass is 416 g/mol. The summed E-state index contributed by atoms with van der Waals surface area (Å²) in [5.74, 6) is 3.01. The molecule has 136 valence electrons. The molecule has 0 saturated heterocycles. The van der Waals surface area contributed by atoms with Crippen molar-refractivity contribution >= 4 is 26.7 Å². The predicted octanol–water partition coefficient (Wildman–Crippen LogP) is 7.74. The summed E-state index contributed by atoms with van der Waals surface area (Å²) in [6, 6.07) is 22.8. The second-order valence-electron chi connectivity index (χ2n) is 9.42. The van der Waals surface area contributed by atoms with Crippen LogP contribution in [-0.2, 0) is 5.41 Å². The third-order valence-electron chi connectivity index (χ3n) is 7.70. The van der Waals surface area contributed by atoms with E-state index in [1.165, 1.54) is 64.9 Å². The molecule has 7 rings (SSSR count). The van der Waals surface area contributed by atoms with Gasteiger partial charge in [-0.3, -0.25) is 0 Å². The van der Waals surface area contributed by atoms with Gasteiger partial charge in [-0.15, -0.1) is 0 Å². The molecule has 0 heterocycles. The lowest BCUT2D eigenvalue weighted by atomic mass is 9.48. The van der Waals surface area contributed by atoms with Crippen molar-refractivity contribution in [2.24, 2.45) is 17.8 Å². The lowest BCUT2D eigenvalue weighted by Crippen LogP contribution is -2.48. The van der Waals surface area contributed by atoms with Crippen LogP contribution in [0.15, 0.2) is 65.1 Å². The minimum absolute atomic E-state index is 0.493. The van der Waals surface area contributed by atoms with Gasteiger partial charge in [-0.25, -0.2) is 0 Å². The smallest absolute Gasteiger partial charge is 0.0259 e. The topological polar surface area (TPSA) is 0 Å². The molecule has 3 aromatic carbocycles. The van der Waals surface area contributed by atoms with Gasteiger partial charge < -0.3 is 0 Å². The molecule has 0 nitrogen and oxygen atoms in total. The first-order valence-corrected chi connectivity index (χ1v) is 11.3. The zero-order valence-corrected chi connectivity index (χ0v) is 17.2. The third kappa shape index (κ3) is 2.54. The fourth-order valence-corrected chi connectivity index (χ4v) is 7.60. The van der Waals surface area contributed by atoms with Gasteiger partial charge in [-0.05, 0) is 89.8 Å². The molecule has 1 heteroatoms.